The van der Waals surface area contributed by atoms with Gasteiger partial charge in [0.15, 0.2) is 6.10 Å². The summed E-state index contributed by atoms with van der Waals surface area (Å²) in [6, 6.07) is 0. The van der Waals surface area contributed by atoms with Gasteiger partial charge in [0.2, 0.25) is 0 Å². The third-order valence-electron chi connectivity index (χ3n) is 2.58. The fraction of sp³-hybridized carbons (Fsp3) is 0.700. The van der Waals surface area contributed by atoms with Crippen LogP contribution in [0.5, 0.6) is 0 Å². The van der Waals surface area contributed by atoms with Crippen LogP contribution in [0.4, 0.5) is 0 Å². The molecule has 0 radical (unpaired) electrons. The van der Waals surface area contributed by atoms with Crippen LogP contribution in [0.2, 0.25) is 0 Å². The second-order valence-electron chi connectivity index (χ2n) is 3.90. The van der Waals surface area contributed by atoms with Crippen LogP contribution in [-0.2, 0) is 14.3 Å². The molecule has 0 saturated carbocycles. The first kappa shape index (κ1) is 18.3. The lowest BCUT2D eigenvalue weighted by molar-refractivity contribution is -0.211. The molecule has 1 fully saturated rings. The summed E-state index contributed by atoms with van der Waals surface area (Å²) in [6.45, 7) is 0. The topological polar surface area (TPSA) is 96.2 Å². The van der Waals surface area contributed by atoms with Gasteiger partial charge in [0.25, 0.3) is 0 Å². The molecule has 0 amide bonds. The van der Waals surface area contributed by atoms with Gasteiger partial charge in [-0.25, -0.2) is 4.79 Å². The van der Waals surface area contributed by atoms with Crippen molar-refractivity contribution in [3.05, 3.63) is 9.52 Å². The molecule has 6 nitrogen and oxygen atoms in total. The second-order valence-corrected chi connectivity index (χ2v) is 6.39. The SMILES string of the molecule is COC(=O)[C@H]1O[C@@H](SCC(Cl)=C(Cl)Cl)[C@H](O)[C@@H](O)[C@@H]1O. The number of hydrogen-bond donors (Lipinski definition) is 3. The molecule has 0 aromatic rings. The van der Waals surface area contributed by atoms with Crippen molar-refractivity contribution < 1.29 is 29.6 Å². The number of ether oxygens (including phenoxy) is 2. The molecule has 10 heteroatoms. The Labute approximate surface area is 134 Å². The van der Waals surface area contributed by atoms with E-state index in [1.54, 1.807) is 0 Å². The molecule has 116 valence electrons. The lowest BCUT2D eigenvalue weighted by Gasteiger charge is -2.38. The van der Waals surface area contributed by atoms with E-state index in [0.29, 0.717) is 0 Å². The molecule has 1 saturated heterocycles. The number of thioether (sulfide) groups is 1. The summed E-state index contributed by atoms with van der Waals surface area (Å²) in [4.78, 5) is 11.4. The molecule has 1 rings (SSSR count). The number of rotatable bonds is 4. The molecule has 3 N–H and O–H groups in total. The number of hydrogen-bond acceptors (Lipinski definition) is 7. The van der Waals surface area contributed by atoms with Crippen molar-refractivity contribution in [2.45, 2.75) is 29.9 Å². The summed E-state index contributed by atoms with van der Waals surface area (Å²) >= 11 is 17.6. The van der Waals surface area contributed by atoms with Gasteiger partial charge in [0.05, 0.1) is 12.1 Å². The zero-order valence-electron chi connectivity index (χ0n) is 10.2. The Kier molecular flexibility index (Phi) is 7.37. The molecule has 5 atom stereocenters. The van der Waals surface area contributed by atoms with E-state index in [-0.39, 0.29) is 15.3 Å². The molecule has 20 heavy (non-hydrogen) atoms. The molecule has 0 unspecified atom stereocenters. The Hall–Kier alpha value is 0.270. The molecular formula is C10H13Cl3O6S. The van der Waals surface area contributed by atoms with Crippen molar-refractivity contribution in [2.24, 2.45) is 0 Å². The monoisotopic (exact) mass is 366 g/mol. The van der Waals surface area contributed by atoms with Crippen molar-refractivity contribution in [1.82, 2.24) is 0 Å². The molecule has 1 heterocycles. The van der Waals surface area contributed by atoms with Crippen LogP contribution in [0.25, 0.3) is 0 Å². The third-order valence-corrected chi connectivity index (χ3v) is 4.89. The molecule has 0 bridgehead atoms. The summed E-state index contributed by atoms with van der Waals surface area (Å²) < 4.78 is 9.55. The highest BCUT2D eigenvalue weighted by atomic mass is 35.5. The number of carbonyl (C=O) groups excluding carboxylic acids is 1. The van der Waals surface area contributed by atoms with E-state index in [0.717, 1.165) is 18.9 Å². The van der Waals surface area contributed by atoms with Crippen molar-refractivity contribution in [3.63, 3.8) is 0 Å². The minimum Gasteiger partial charge on any atom is -0.467 e. The normalized spacial score (nSPS) is 33.6. The van der Waals surface area contributed by atoms with Crippen LogP contribution in [0.1, 0.15) is 0 Å². The van der Waals surface area contributed by atoms with Crippen LogP contribution in [0.15, 0.2) is 9.52 Å². The maximum atomic E-state index is 11.4. The van der Waals surface area contributed by atoms with E-state index < -0.39 is 35.8 Å². The predicted molar refractivity (Wildman–Crippen MR) is 75.7 cm³/mol. The summed E-state index contributed by atoms with van der Waals surface area (Å²) in [5, 5.41) is 29.3. The van der Waals surface area contributed by atoms with E-state index in [4.69, 9.17) is 39.5 Å². The largest absolute Gasteiger partial charge is 0.467 e. The molecule has 0 spiro atoms. The molecule has 0 aliphatic carbocycles. The van der Waals surface area contributed by atoms with Gasteiger partial charge in [-0.15, -0.1) is 11.8 Å². The zero-order valence-corrected chi connectivity index (χ0v) is 13.3. The maximum Gasteiger partial charge on any atom is 0.337 e. The smallest absolute Gasteiger partial charge is 0.337 e. The Morgan fingerprint density at radius 3 is 2.30 bits per heavy atom. The average molecular weight is 368 g/mol. The quantitative estimate of drug-likeness (QED) is 0.626. The second kappa shape index (κ2) is 8.05. The van der Waals surface area contributed by atoms with Crippen LogP contribution in [0, 0.1) is 0 Å². The van der Waals surface area contributed by atoms with E-state index >= 15 is 0 Å². The van der Waals surface area contributed by atoms with Gasteiger partial charge in [0.1, 0.15) is 28.2 Å². The van der Waals surface area contributed by atoms with Gasteiger partial charge in [-0.3, -0.25) is 0 Å². The first-order valence-electron chi connectivity index (χ1n) is 5.38. The standard InChI is InChI=1S/C10H13Cl3O6S/c1-18-9(17)7-5(15)4(14)6(16)10(19-7)20-2-3(11)8(12)13/h4-7,10,14-16H,2H2,1H3/t4-,5-,6+,7-,10-/m0/s1. The zero-order chi connectivity index (χ0) is 15.4. The predicted octanol–water partition coefficient (Wildman–Crippen LogP) is 0.586. The maximum absolute atomic E-state index is 11.4. The molecule has 1 aliphatic rings. The van der Waals surface area contributed by atoms with Gasteiger partial charge in [-0.2, -0.15) is 0 Å². The lowest BCUT2D eigenvalue weighted by atomic mass is 10.00. The van der Waals surface area contributed by atoms with Gasteiger partial charge in [0, 0.05) is 5.75 Å². The Morgan fingerprint density at radius 2 is 1.80 bits per heavy atom. The first-order valence-corrected chi connectivity index (χ1v) is 7.56. The highest BCUT2D eigenvalue weighted by Crippen LogP contribution is 2.32. The Morgan fingerprint density at radius 1 is 1.20 bits per heavy atom. The fourth-order valence-corrected chi connectivity index (χ4v) is 3.00. The Balaban J connectivity index is 2.75. The van der Waals surface area contributed by atoms with Crippen molar-refractivity contribution in [2.75, 3.05) is 12.9 Å². The van der Waals surface area contributed by atoms with Gasteiger partial charge in [-0.1, -0.05) is 34.8 Å². The average Bonchev–Trinajstić information content (AvgIpc) is 2.42. The third kappa shape index (κ3) is 4.38. The van der Waals surface area contributed by atoms with Gasteiger partial charge >= 0.3 is 5.97 Å². The summed E-state index contributed by atoms with van der Waals surface area (Å²) in [5.41, 5.74) is -1.00. The molecule has 0 aromatic carbocycles. The summed E-state index contributed by atoms with van der Waals surface area (Å²) in [7, 11) is 1.12. The summed E-state index contributed by atoms with van der Waals surface area (Å²) in [5.74, 6) is -0.756. The molecular weight excluding hydrogens is 355 g/mol. The van der Waals surface area contributed by atoms with E-state index in [1.807, 2.05) is 0 Å². The van der Waals surface area contributed by atoms with Crippen LogP contribution >= 0.6 is 46.6 Å². The van der Waals surface area contributed by atoms with Crippen LogP contribution < -0.4 is 0 Å². The van der Waals surface area contributed by atoms with Crippen molar-refractivity contribution in [3.8, 4) is 0 Å². The van der Waals surface area contributed by atoms with E-state index in [9.17, 15) is 20.1 Å². The van der Waals surface area contributed by atoms with E-state index in [2.05, 4.69) is 4.74 Å². The number of carbonyl (C=O) groups is 1. The highest BCUT2D eigenvalue weighted by Gasteiger charge is 2.47. The van der Waals surface area contributed by atoms with Gasteiger partial charge in [-0.05, 0) is 0 Å². The number of aliphatic hydroxyl groups is 3. The van der Waals surface area contributed by atoms with Crippen molar-refractivity contribution >= 4 is 52.5 Å². The minimum absolute atomic E-state index is 0.0995. The number of esters is 1. The van der Waals surface area contributed by atoms with Crippen LogP contribution in [0.3, 0.4) is 0 Å². The van der Waals surface area contributed by atoms with Crippen LogP contribution in [-0.4, -0.2) is 64.0 Å². The number of halogens is 3. The van der Waals surface area contributed by atoms with Crippen molar-refractivity contribution in [1.29, 1.82) is 0 Å². The van der Waals surface area contributed by atoms with E-state index in [1.165, 1.54) is 0 Å². The Bertz CT molecular complexity index is 389. The summed E-state index contributed by atoms with van der Waals surface area (Å²) in [6.07, 6.45) is -5.95. The number of methoxy groups -OCH3 is 1. The van der Waals surface area contributed by atoms with Gasteiger partial charge < -0.3 is 24.8 Å². The number of aliphatic hydroxyl groups excluding tert-OH is 3. The fourth-order valence-electron chi connectivity index (χ4n) is 1.51. The first-order chi connectivity index (χ1) is 9.29. The minimum atomic E-state index is -1.59. The highest BCUT2D eigenvalue weighted by molar-refractivity contribution is 8.00. The molecule has 1 aliphatic heterocycles. The lowest BCUT2D eigenvalue weighted by Crippen LogP contribution is -2.59. The molecule has 0 aromatic heterocycles.